The fourth-order valence-electron chi connectivity index (χ4n) is 6.04. The number of fused-ring (bicyclic) bond motifs is 1. The zero-order chi connectivity index (χ0) is 35.6. The van der Waals surface area contributed by atoms with Crippen molar-refractivity contribution in [1.82, 2.24) is 30.0 Å². The highest BCUT2D eigenvalue weighted by Gasteiger charge is 2.45. The summed E-state index contributed by atoms with van der Waals surface area (Å²) in [6.45, 7) is 5.38. The number of aromatic nitrogens is 4. The van der Waals surface area contributed by atoms with E-state index in [2.05, 4.69) is 30.6 Å². The summed E-state index contributed by atoms with van der Waals surface area (Å²) in [6, 6.07) is 15.7. The van der Waals surface area contributed by atoms with Gasteiger partial charge >= 0.3 is 6.18 Å². The van der Waals surface area contributed by atoms with Gasteiger partial charge in [-0.15, -0.1) is 0 Å². The second kappa shape index (κ2) is 14.2. The van der Waals surface area contributed by atoms with Crippen LogP contribution in [0.15, 0.2) is 84.7 Å². The molecule has 0 unspecified atom stereocenters. The molecular formula is C35H35F3N8O4. The van der Waals surface area contributed by atoms with E-state index >= 15 is 0 Å². The summed E-state index contributed by atoms with van der Waals surface area (Å²) in [6.07, 6.45) is -0.612. The summed E-state index contributed by atoms with van der Waals surface area (Å²) in [5, 5.41) is 10.2. The van der Waals surface area contributed by atoms with Crippen LogP contribution in [0.5, 0.6) is 0 Å². The molecule has 0 radical (unpaired) electrons. The standard InChI is InChI=1S/C35H35F3N8O4/c1-4-21(18-44(3)25-19-50-20-25)31(47)41-23-11-9-10-22(16-23)28-26-17-40-46(24-12-7-6-8-13-24)33(26)45(5-2)34(49)29(28)43-32(48)30-39-15-14-27(42-30)35(36,37)38/h4,6-17,25,28-29H,5,18-20H2,1-3H3,(H,41,47)(H,43,48)/b21-4+/t28-,29+/m1/s1. The van der Waals surface area contributed by atoms with Crippen molar-refractivity contribution in [3.63, 3.8) is 0 Å². The fraction of sp³-hybridized carbons (Fsp3) is 0.314. The Morgan fingerprint density at radius 3 is 2.52 bits per heavy atom. The molecule has 2 aliphatic heterocycles. The number of para-hydroxylation sites is 1. The Labute approximate surface area is 286 Å². The molecule has 4 aromatic rings. The van der Waals surface area contributed by atoms with Crippen molar-refractivity contribution in [2.75, 3.05) is 43.6 Å². The second-order valence-corrected chi connectivity index (χ2v) is 11.9. The number of amides is 3. The lowest BCUT2D eigenvalue weighted by atomic mass is 9.82. The van der Waals surface area contributed by atoms with Gasteiger partial charge in [0.1, 0.15) is 17.6 Å². The van der Waals surface area contributed by atoms with E-state index in [1.807, 2.05) is 37.4 Å². The predicted molar refractivity (Wildman–Crippen MR) is 178 cm³/mol. The highest BCUT2D eigenvalue weighted by molar-refractivity contribution is 6.05. The lowest BCUT2D eigenvalue weighted by Gasteiger charge is -2.38. The van der Waals surface area contributed by atoms with Gasteiger partial charge in [-0.3, -0.25) is 24.2 Å². The van der Waals surface area contributed by atoms with Gasteiger partial charge in [-0.1, -0.05) is 36.4 Å². The summed E-state index contributed by atoms with van der Waals surface area (Å²) in [7, 11) is 1.93. The molecule has 3 amide bonds. The number of nitrogens with one attached hydrogen (secondary N) is 2. The van der Waals surface area contributed by atoms with Crippen LogP contribution in [0.2, 0.25) is 0 Å². The number of nitrogens with zero attached hydrogens (tertiary/aromatic N) is 6. The number of hydrogen-bond donors (Lipinski definition) is 2. The molecule has 50 heavy (non-hydrogen) atoms. The van der Waals surface area contributed by atoms with E-state index in [4.69, 9.17) is 4.74 Å². The maximum Gasteiger partial charge on any atom is 0.433 e. The number of benzene rings is 2. The van der Waals surface area contributed by atoms with E-state index in [-0.39, 0.29) is 18.5 Å². The predicted octanol–water partition coefficient (Wildman–Crippen LogP) is 4.19. The largest absolute Gasteiger partial charge is 0.433 e. The van der Waals surface area contributed by atoms with Crippen molar-refractivity contribution in [2.45, 2.75) is 38.0 Å². The van der Waals surface area contributed by atoms with Gasteiger partial charge in [-0.2, -0.15) is 18.3 Å². The molecule has 12 nitrogen and oxygen atoms in total. The van der Waals surface area contributed by atoms with Crippen molar-refractivity contribution in [2.24, 2.45) is 0 Å². The van der Waals surface area contributed by atoms with Gasteiger partial charge in [0.2, 0.25) is 5.82 Å². The topological polar surface area (TPSA) is 135 Å². The third-order valence-corrected chi connectivity index (χ3v) is 8.79. The first kappa shape index (κ1) is 34.5. The Hall–Kier alpha value is -5.41. The summed E-state index contributed by atoms with van der Waals surface area (Å²) in [5.74, 6) is -3.01. The number of anilines is 2. The van der Waals surface area contributed by atoms with Gasteiger partial charge in [-0.25, -0.2) is 14.6 Å². The third kappa shape index (κ3) is 6.87. The molecule has 2 aromatic carbocycles. The first-order valence-corrected chi connectivity index (χ1v) is 16.0. The molecule has 260 valence electrons. The van der Waals surface area contributed by atoms with E-state index in [0.29, 0.717) is 59.7 Å². The zero-order valence-corrected chi connectivity index (χ0v) is 27.5. The molecule has 1 fully saturated rings. The molecule has 0 spiro atoms. The van der Waals surface area contributed by atoms with Crippen LogP contribution in [0.25, 0.3) is 5.69 Å². The highest BCUT2D eigenvalue weighted by atomic mass is 19.4. The molecule has 2 N–H and O–H groups in total. The Bertz CT molecular complexity index is 1930. The first-order chi connectivity index (χ1) is 24.0. The number of hydrogen-bond acceptors (Lipinski definition) is 8. The Kier molecular flexibility index (Phi) is 9.79. The molecular weight excluding hydrogens is 653 g/mol. The van der Waals surface area contributed by atoms with E-state index in [1.165, 1.54) is 4.90 Å². The first-order valence-electron chi connectivity index (χ1n) is 16.0. The number of carbonyl (C=O) groups is 3. The summed E-state index contributed by atoms with van der Waals surface area (Å²) >= 11 is 0. The highest BCUT2D eigenvalue weighted by Crippen LogP contribution is 2.42. The third-order valence-electron chi connectivity index (χ3n) is 8.79. The van der Waals surface area contributed by atoms with E-state index < -0.39 is 41.5 Å². The SMILES string of the molecule is C/C=C(\CN(C)C1COC1)C(=O)Nc1cccc([C@@H]2c3cnn(-c4ccccc4)c3N(CC)C(=O)[C@H]2NC(=O)c2nccc(C(F)(F)F)n2)c1. The molecule has 1 saturated heterocycles. The van der Waals surface area contributed by atoms with Crippen LogP contribution in [0.1, 0.15) is 47.2 Å². The average molecular weight is 689 g/mol. The molecule has 0 bridgehead atoms. The minimum absolute atomic E-state index is 0.202. The van der Waals surface area contributed by atoms with Gasteiger partial charge in [-0.05, 0) is 56.8 Å². The lowest BCUT2D eigenvalue weighted by molar-refractivity contribution is -0.141. The Balaban J connectivity index is 1.38. The van der Waals surface area contributed by atoms with Gasteiger partial charge in [0.05, 0.1) is 31.1 Å². The second-order valence-electron chi connectivity index (χ2n) is 11.9. The van der Waals surface area contributed by atoms with Crippen LogP contribution in [-0.2, 0) is 20.5 Å². The number of likely N-dealkylation sites (N-methyl/N-ethyl adjacent to an activating group) is 2. The van der Waals surface area contributed by atoms with Crippen molar-refractivity contribution in [3.8, 4) is 5.69 Å². The van der Waals surface area contributed by atoms with Crippen molar-refractivity contribution in [1.29, 1.82) is 0 Å². The van der Waals surface area contributed by atoms with Crippen LogP contribution in [0.4, 0.5) is 24.7 Å². The van der Waals surface area contributed by atoms with E-state index in [1.54, 1.807) is 55.1 Å². The number of carbonyl (C=O) groups excluding carboxylic acids is 3. The van der Waals surface area contributed by atoms with E-state index in [9.17, 15) is 27.6 Å². The normalized spacial score (nSPS) is 18.1. The average Bonchev–Trinajstić information content (AvgIpc) is 3.51. The van der Waals surface area contributed by atoms with Gasteiger partial charge < -0.3 is 15.4 Å². The summed E-state index contributed by atoms with van der Waals surface area (Å²) in [4.78, 5) is 51.9. The van der Waals surface area contributed by atoms with Crippen molar-refractivity contribution >= 4 is 29.2 Å². The van der Waals surface area contributed by atoms with Crippen molar-refractivity contribution < 1.29 is 32.3 Å². The number of allylic oxidation sites excluding steroid dienone is 1. The molecule has 2 aromatic heterocycles. The molecule has 0 aliphatic carbocycles. The maximum atomic E-state index is 14.3. The molecule has 2 aliphatic rings. The monoisotopic (exact) mass is 688 g/mol. The number of halogens is 3. The van der Waals surface area contributed by atoms with Crippen LogP contribution in [-0.4, -0.2) is 87.8 Å². The summed E-state index contributed by atoms with van der Waals surface area (Å²) in [5.41, 5.74) is 1.51. The summed E-state index contributed by atoms with van der Waals surface area (Å²) < 4.78 is 47.2. The number of alkyl halides is 3. The van der Waals surface area contributed by atoms with Crippen LogP contribution in [0, 0.1) is 0 Å². The van der Waals surface area contributed by atoms with E-state index in [0.717, 1.165) is 6.20 Å². The number of ether oxygens (including phenoxy) is 1. The molecule has 4 heterocycles. The zero-order valence-electron chi connectivity index (χ0n) is 27.5. The molecule has 15 heteroatoms. The quantitative estimate of drug-likeness (QED) is 0.237. The lowest BCUT2D eigenvalue weighted by Crippen LogP contribution is -2.55. The van der Waals surface area contributed by atoms with Crippen LogP contribution >= 0.6 is 0 Å². The maximum absolute atomic E-state index is 14.3. The Morgan fingerprint density at radius 2 is 1.86 bits per heavy atom. The molecule has 0 saturated carbocycles. The Morgan fingerprint density at radius 1 is 1.10 bits per heavy atom. The van der Waals surface area contributed by atoms with Gasteiger partial charge in [0.25, 0.3) is 17.7 Å². The molecule has 6 rings (SSSR count). The van der Waals surface area contributed by atoms with Crippen LogP contribution < -0.4 is 15.5 Å². The van der Waals surface area contributed by atoms with Crippen LogP contribution in [0.3, 0.4) is 0 Å². The molecule has 2 atom stereocenters. The van der Waals surface area contributed by atoms with Crippen molar-refractivity contribution in [3.05, 3.63) is 107 Å². The smallest absolute Gasteiger partial charge is 0.378 e. The number of rotatable bonds is 10. The van der Waals surface area contributed by atoms with Gasteiger partial charge in [0.15, 0.2) is 0 Å². The minimum atomic E-state index is -4.81. The minimum Gasteiger partial charge on any atom is -0.378 e. The van der Waals surface area contributed by atoms with Gasteiger partial charge in [0, 0.05) is 42.0 Å². The fourth-order valence-corrected chi connectivity index (χ4v) is 6.04.